The molecular formula is C8H10N2O2. The summed E-state index contributed by atoms with van der Waals surface area (Å²) in [6.45, 7) is 0. The monoisotopic (exact) mass is 166 g/mol. The number of aromatic hydroxyl groups is 2. The zero-order valence-corrected chi connectivity index (χ0v) is 6.36. The van der Waals surface area contributed by atoms with Gasteiger partial charge in [-0.3, -0.25) is 0 Å². The van der Waals surface area contributed by atoms with Gasteiger partial charge >= 0.3 is 0 Å². The van der Waals surface area contributed by atoms with E-state index in [1.54, 1.807) is 36.7 Å². The molecule has 0 saturated heterocycles. The van der Waals surface area contributed by atoms with Crippen molar-refractivity contribution in [1.82, 2.24) is 9.97 Å². The molecule has 0 spiro atoms. The lowest BCUT2D eigenvalue weighted by molar-refractivity contribution is 0.456. The van der Waals surface area contributed by atoms with E-state index in [1.807, 2.05) is 0 Å². The lowest BCUT2D eigenvalue weighted by Gasteiger charge is -1.71. The van der Waals surface area contributed by atoms with Gasteiger partial charge in [0.25, 0.3) is 0 Å². The van der Waals surface area contributed by atoms with Gasteiger partial charge in [0.05, 0.1) is 0 Å². The van der Waals surface area contributed by atoms with Crippen LogP contribution in [-0.2, 0) is 0 Å². The summed E-state index contributed by atoms with van der Waals surface area (Å²) in [5.74, 6) is 0.435. The van der Waals surface area contributed by atoms with Crippen molar-refractivity contribution in [1.29, 1.82) is 0 Å². The molecule has 4 heteroatoms. The highest BCUT2D eigenvalue weighted by Gasteiger charge is 1.76. The molecule has 2 aromatic rings. The lowest BCUT2D eigenvalue weighted by Crippen LogP contribution is -1.51. The van der Waals surface area contributed by atoms with Crippen molar-refractivity contribution in [3.63, 3.8) is 0 Å². The Bertz CT molecular complexity index is 254. The Hall–Kier alpha value is -1.84. The van der Waals surface area contributed by atoms with Crippen molar-refractivity contribution >= 4 is 0 Å². The number of hydrogen-bond donors (Lipinski definition) is 4. The Labute approximate surface area is 69.5 Å². The molecule has 2 heterocycles. The van der Waals surface area contributed by atoms with Crippen molar-refractivity contribution in [2.75, 3.05) is 0 Å². The van der Waals surface area contributed by atoms with E-state index in [0.29, 0.717) is 0 Å². The average Bonchev–Trinajstić information content (AvgIpc) is 2.63. The van der Waals surface area contributed by atoms with Gasteiger partial charge in [-0.15, -0.1) is 0 Å². The smallest absolute Gasteiger partial charge is 0.188 e. The number of nitrogens with one attached hydrogen (secondary N) is 2. The summed E-state index contributed by atoms with van der Waals surface area (Å²) in [5, 5.41) is 16.8. The summed E-state index contributed by atoms with van der Waals surface area (Å²) in [4.78, 5) is 5.11. The molecule has 0 aromatic carbocycles. The quantitative estimate of drug-likeness (QED) is 0.478. The van der Waals surface area contributed by atoms with Gasteiger partial charge < -0.3 is 20.2 Å². The summed E-state index contributed by atoms with van der Waals surface area (Å²) in [6, 6.07) is 6.63. The van der Waals surface area contributed by atoms with Gasteiger partial charge in [-0.05, 0) is 24.3 Å². The Morgan fingerprint density at radius 3 is 1.33 bits per heavy atom. The molecule has 4 nitrogen and oxygen atoms in total. The van der Waals surface area contributed by atoms with Crippen LogP contribution in [0.25, 0.3) is 0 Å². The molecule has 0 aliphatic heterocycles. The highest BCUT2D eigenvalue weighted by molar-refractivity contribution is 5.07. The van der Waals surface area contributed by atoms with E-state index in [0.717, 1.165) is 0 Å². The van der Waals surface area contributed by atoms with Gasteiger partial charge in [-0.25, -0.2) is 0 Å². The maximum absolute atomic E-state index is 8.42. The van der Waals surface area contributed by atoms with Crippen LogP contribution in [0.3, 0.4) is 0 Å². The molecule has 0 fully saturated rings. The van der Waals surface area contributed by atoms with Gasteiger partial charge in [0.15, 0.2) is 11.8 Å². The Balaban J connectivity index is 0.000000120. The molecular weight excluding hydrogens is 156 g/mol. The molecule has 0 radical (unpaired) electrons. The van der Waals surface area contributed by atoms with Crippen molar-refractivity contribution in [3.05, 3.63) is 36.7 Å². The van der Waals surface area contributed by atoms with E-state index < -0.39 is 0 Å². The number of aromatic amines is 2. The maximum Gasteiger partial charge on any atom is 0.188 e. The molecule has 12 heavy (non-hydrogen) atoms. The molecule has 4 N–H and O–H groups in total. The van der Waals surface area contributed by atoms with Crippen LogP contribution in [0, 0.1) is 0 Å². The second-order valence-corrected chi connectivity index (χ2v) is 2.11. The van der Waals surface area contributed by atoms with Crippen molar-refractivity contribution in [3.8, 4) is 11.8 Å². The number of hydrogen-bond acceptors (Lipinski definition) is 2. The van der Waals surface area contributed by atoms with Gasteiger partial charge in [0.2, 0.25) is 0 Å². The molecule has 64 valence electrons. The highest BCUT2D eigenvalue weighted by Crippen LogP contribution is 1.98. The molecule has 0 aliphatic rings. The van der Waals surface area contributed by atoms with Gasteiger partial charge in [-0.1, -0.05) is 0 Å². The SMILES string of the molecule is Oc1ccc[nH]1.Oc1ccc[nH]1. The topological polar surface area (TPSA) is 72.0 Å². The van der Waals surface area contributed by atoms with E-state index in [9.17, 15) is 0 Å². The van der Waals surface area contributed by atoms with E-state index >= 15 is 0 Å². The predicted octanol–water partition coefficient (Wildman–Crippen LogP) is 1.44. The molecule has 2 rings (SSSR count). The molecule has 0 saturated carbocycles. The second-order valence-electron chi connectivity index (χ2n) is 2.11. The van der Waals surface area contributed by atoms with E-state index in [-0.39, 0.29) is 11.8 Å². The van der Waals surface area contributed by atoms with E-state index in [1.165, 1.54) is 0 Å². The van der Waals surface area contributed by atoms with Crippen molar-refractivity contribution < 1.29 is 10.2 Å². The average molecular weight is 166 g/mol. The molecule has 0 atom stereocenters. The number of rotatable bonds is 0. The first-order chi connectivity index (χ1) is 5.79. The van der Waals surface area contributed by atoms with Crippen LogP contribution in [0.5, 0.6) is 11.8 Å². The Morgan fingerprint density at radius 1 is 0.833 bits per heavy atom. The highest BCUT2D eigenvalue weighted by atomic mass is 16.3. The fraction of sp³-hybridized carbons (Fsp3) is 0. The first kappa shape index (κ1) is 8.26. The normalized spacial score (nSPS) is 8.67. The first-order valence-corrected chi connectivity index (χ1v) is 3.44. The zero-order chi connectivity index (χ0) is 8.81. The minimum absolute atomic E-state index is 0.218. The van der Waals surface area contributed by atoms with Crippen LogP contribution < -0.4 is 0 Å². The molecule has 0 bridgehead atoms. The fourth-order valence-electron chi connectivity index (χ4n) is 0.642. The van der Waals surface area contributed by atoms with Crippen LogP contribution in [0.2, 0.25) is 0 Å². The van der Waals surface area contributed by atoms with Crippen LogP contribution in [-0.4, -0.2) is 20.2 Å². The third-order valence-electron chi connectivity index (χ3n) is 1.16. The van der Waals surface area contributed by atoms with Gasteiger partial charge in [-0.2, -0.15) is 0 Å². The summed E-state index contributed by atoms with van der Waals surface area (Å²) < 4.78 is 0. The van der Waals surface area contributed by atoms with Crippen molar-refractivity contribution in [2.45, 2.75) is 0 Å². The minimum atomic E-state index is 0.218. The van der Waals surface area contributed by atoms with Crippen LogP contribution >= 0.6 is 0 Å². The second kappa shape index (κ2) is 4.12. The van der Waals surface area contributed by atoms with E-state index in [2.05, 4.69) is 9.97 Å². The standard InChI is InChI=1S/2C4H5NO/c2*6-4-2-1-3-5-4/h2*1-3,5-6H. The third-order valence-corrected chi connectivity index (χ3v) is 1.16. The van der Waals surface area contributed by atoms with E-state index in [4.69, 9.17) is 10.2 Å². The summed E-state index contributed by atoms with van der Waals surface area (Å²) >= 11 is 0. The number of H-pyrrole nitrogens is 2. The largest absolute Gasteiger partial charge is 0.495 e. The van der Waals surface area contributed by atoms with Gasteiger partial charge in [0.1, 0.15) is 0 Å². The first-order valence-electron chi connectivity index (χ1n) is 3.44. The third kappa shape index (κ3) is 2.83. The van der Waals surface area contributed by atoms with Crippen LogP contribution in [0.1, 0.15) is 0 Å². The minimum Gasteiger partial charge on any atom is -0.495 e. The molecule has 0 aliphatic carbocycles. The van der Waals surface area contributed by atoms with Crippen LogP contribution in [0.4, 0.5) is 0 Å². The van der Waals surface area contributed by atoms with Crippen LogP contribution in [0.15, 0.2) is 36.7 Å². The molecule has 0 amide bonds. The number of aromatic nitrogens is 2. The zero-order valence-electron chi connectivity index (χ0n) is 6.36. The Morgan fingerprint density at radius 2 is 1.25 bits per heavy atom. The fourth-order valence-corrected chi connectivity index (χ4v) is 0.642. The van der Waals surface area contributed by atoms with Crippen molar-refractivity contribution in [2.24, 2.45) is 0 Å². The lowest BCUT2D eigenvalue weighted by atomic mass is 10.7. The predicted molar refractivity (Wildman–Crippen MR) is 44.9 cm³/mol. The maximum atomic E-state index is 8.42. The molecule has 2 aromatic heterocycles. The van der Waals surface area contributed by atoms with Gasteiger partial charge in [0, 0.05) is 12.4 Å². The summed E-state index contributed by atoms with van der Waals surface area (Å²) in [6.07, 6.45) is 3.32. The summed E-state index contributed by atoms with van der Waals surface area (Å²) in [7, 11) is 0. The Kier molecular flexibility index (Phi) is 2.84. The summed E-state index contributed by atoms with van der Waals surface area (Å²) in [5.41, 5.74) is 0. The molecule has 0 unspecified atom stereocenters.